The molecule has 1 unspecified atom stereocenters. The van der Waals surface area contributed by atoms with Gasteiger partial charge in [0.25, 0.3) is 0 Å². The monoisotopic (exact) mass is 324 g/mol. The van der Waals surface area contributed by atoms with Crippen molar-refractivity contribution in [2.45, 2.75) is 72.8 Å². The van der Waals surface area contributed by atoms with Gasteiger partial charge in [0.05, 0.1) is 0 Å². The van der Waals surface area contributed by atoms with E-state index >= 15 is 0 Å². The van der Waals surface area contributed by atoms with Crippen molar-refractivity contribution in [3.05, 3.63) is 47.3 Å². The van der Waals surface area contributed by atoms with Crippen LogP contribution in [0, 0.1) is 12.3 Å². The third-order valence-corrected chi connectivity index (χ3v) is 5.00. The second-order valence-corrected chi connectivity index (χ2v) is 9.39. The lowest BCUT2D eigenvalue weighted by Gasteiger charge is -2.35. The number of nitrogens with one attached hydrogen (secondary N) is 1. The normalized spacial score (nSPS) is 19.9. The molecule has 1 aromatic heterocycles. The summed E-state index contributed by atoms with van der Waals surface area (Å²) in [7, 11) is 0. The number of rotatable bonds is 2. The van der Waals surface area contributed by atoms with Crippen LogP contribution in [0.1, 0.15) is 70.8 Å². The van der Waals surface area contributed by atoms with Crippen molar-refractivity contribution in [1.82, 2.24) is 4.57 Å². The first-order valence-corrected chi connectivity index (χ1v) is 9.15. The zero-order valence-corrected chi connectivity index (χ0v) is 16.3. The summed E-state index contributed by atoms with van der Waals surface area (Å²) in [6.45, 7) is 16.0. The molecule has 1 N–H and O–H groups in total. The van der Waals surface area contributed by atoms with E-state index in [4.69, 9.17) is 0 Å². The predicted octanol–water partition coefficient (Wildman–Crippen LogP) is 6.07. The lowest BCUT2D eigenvalue weighted by atomic mass is 9.72. The minimum absolute atomic E-state index is 0.0868. The fourth-order valence-electron chi connectivity index (χ4n) is 4.27. The minimum atomic E-state index is 0.0868. The number of aromatic nitrogens is 1. The molecule has 0 amide bonds. The lowest BCUT2D eigenvalue weighted by molar-refractivity contribution is 0.283. The van der Waals surface area contributed by atoms with Crippen molar-refractivity contribution in [2.24, 2.45) is 5.41 Å². The van der Waals surface area contributed by atoms with Crippen LogP contribution in [-0.4, -0.2) is 10.1 Å². The van der Waals surface area contributed by atoms with Crippen LogP contribution in [0.25, 0.3) is 5.69 Å². The molecule has 130 valence electrons. The van der Waals surface area contributed by atoms with Gasteiger partial charge in [0.2, 0.25) is 0 Å². The first-order chi connectivity index (χ1) is 11.1. The second-order valence-electron chi connectivity index (χ2n) is 9.39. The van der Waals surface area contributed by atoms with Gasteiger partial charge in [-0.2, -0.15) is 0 Å². The fourth-order valence-corrected chi connectivity index (χ4v) is 4.27. The van der Waals surface area contributed by atoms with Crippen LogP contribution in [0.5, 0.6) is 0 Å². The number of anilines is 1. The van der Waals surface area contributed by atoms with E-state index < -0.39 is 0 Å². The molecule has 0 saturated heterocycles. The third kappa shape index (κ3) is 3.38. The maximum atomic E-state index is 3.54. The second kappa shape index (κ2) is 5.68. The maximum Gasteiger partial charge on any atom is 0.0456 e. The summed E-state index contributed by atoms with van der Waals surface area (Å²) in [5.74, 6) is 0.644. The molecule has 24 heavy (non-hydrogen) atoms. The molecule has 1 aromatic carbocycles. The lowest BCUT2D eigenvalue weighted by Crippen LogP contribution is -2.26. The van der Waals surface area contributed by atoms with Crippen molar-refractivity contribution in [3.8, 4) is 5.69 Å². The summed E-state index contributed by atoms with van der Waals surface area (Å²) in [4.78, 5) is 0. The first-order valence-electron chi connectivity index (χ1n) is 9.15. The Balaban J connectivity index is 1.99. The maximum absolute atomic E-state index is 3.54. The first kappa shape index (κ1) is 17.1. The molecule has 1 heterocycles. The Bertz CT molecular complexity index is 727. The molecule has 3 rings (SSSR count). The molecule has 0 saturated carbocycles. The van der Waals surface area contributed by atoms with E-state index in [1.807, 2.05) is 0 Å². The van der Waals surface area contributed by atoms with Gasteiger partial charge in [-0.05, 0) is 87.8 Å². The summed E-state index contributed by atoms with van der Waals surface area (Å²) in [5, 5.41) is 3.54. The summed E-state index contributed by atoms with van der Waals surface area (Å²) < 4.78 is 2.47. The predicted molar refractivity (Wildman–Crippen MR) is 104 cm³/mol. The Morgan fingerprint density at radius 2 is 1.75 bits per heavy atom. The van der Waals surface area contributed by atoms with Crippen LogP contribution in [0.3, 0.4) is 0 Å². The molecule has 0 spiro atoms. The van der Waals surface area contributed by atoms with Crippen LogP contribution in [0.15, 0.2) is 30.3 Å². The number of benzene rings is 1. The number of fused-ring (bicyclic) bond motifs is 1. The zero-order valence-electron chi connectivity index (χ0n) is 16.3. The van der Waals surface area contributed by atoms with Gasteiger partial charge in [-0.15, -0.1) is 0 Å². The van der Waals surface area contributed by atoms with Crippen molar-refractivity contribution in [3.63, 3.8) is 0 Å². The van der Waals surface area contributed by atoms with E-state index in [9.17, 15) is 0 Å². The number of nitrogens with zero attached hydrogens (tertiary/aromatic N) is 1. The highest BCUT2D eigenvalue weighted by molar-refractivity contribution is 5.52. The van der Waals surface area contributed by atoms with Gasteiger partial charge in [0.15, 0.2) is 0 Å². The van der Waals surface area contributed by atoms with Gasteiger partial charge in [0.1, 0.15) is 0 Å². The highest BCUT2D eigenvalue weighted by atomic mass is 15.0. The summed E-state index contributed by atoms with van der Waals surface area (Å²) in [5.41, 5.74) is 7.32. The van der Waals surface area contributed by atoms with Gasteiger partial charge in [0, 0.05) is 28.3 Å². The Kier molecular flexibility index (Phi) is 4.06. The van der Waals surface area contributed by atoms with Crippen LogP contribution < -0.4 is 5.32 Å². The van der Waals surface area contributed by atoms with Gasteiger partial charge in [-0.25, -0.2) is 0 Å². The largest absolute Gasteiger partial charge is 0.380 e. The van der Waals surface area contributed by atoms with Crippen molar-refractivity contribution in [2.75, 3.05) is 5.32 Å². The van der Waals surface area contributed by atoms with Gasteiger partial charge < -0.3 is 9.88 Å². The van der Waals surface area contributed by atoms with Crippen LogP contribution >= 0.6 is 0 Å². The molecule has 0 fully saturated rings. The number of hydrogen-bond acceptors (Lipinski definition) is 1. The standard InChI is InChI=1S/C22H32N2/c1-15-13-22(6,7)14-20-19(15)12-16(2)24(20)18-10-8-17(9-11-18)23-21(3,4)5/h8-12,15,23H,13-14H2,1-7H3. The Labute approximate surface area is 147 Å². The quantitative estimate of drug-likeness (QED) is 0.709. The molecule has 0 bridgehead atoms. The Morgan fingerprint density at radius 3 is 2.33 bits per heavy atom. The molecule has 2 heteroatoms. The van der Waals surface area contributed by atoms with E-state index in [2.05, 4.69) is 88.7 Å². The molecular formula is C22H32N2. The Hall–Kier alpha value is -1.70. The molecule has 0 aliphatic heterocycles. The van der Waals surface area contributed by atoms with E-state index in [1.165, 1.54) is 29.2 Å². The highest BCUT2D eigenvalue weighted by Gasteiger charge is 2.33. The minimum Gasteiger partial charge on any atom is -0.380 e. The van der Waals surface area contributed by atoms with Crippen LogP contribution in [0.4, 0.5) is 5.69 Å². The van der Waals surface area contributed by atoms with E-state index in [-0.39, 0.29) is 5.54 Å². The topological polar surface area (TPSA) is 17.0 Å². The van der Waals surface area contributed by atoms with Crippen LogP contribution in [-0.2, 0) is 6.42 Å². The van der Waals surface area contributed by atoms with Gasteiger partial charge >= 0.3 is 0 Å². The Morgan fingerprint density at radius 1 is 1.12 bits per heavy atom. The molecule has 1 aliphatic rings. The SMILES string of the molecule is Cc1cc2c(n1-c1ccc(NC(C)(C)C)cc1)CC(C)(C)CC2C. The third-order valence-electron chi connectivity index (χ3n) is 5.00. The summed E-state index contributed by atoms with van der Waals surface area (Å²) in [6.07, 6.45) is 2.43. The fraction of sp³-hybridized carbons (Fsp3) is 0.545. The van der Waals surface area contributed by atoms with E-state index in [0.29, 0.717) is 11.3 Å². The average molecular weight is 325 g/mol. The molecule has 1 aliphatic carbocycles. The van der Waals surface area contributed by atoms with Gasteiger partial charge in [-0.1, -0.05) is 20.8 Å². The summed E-state index contributed by atoms with van der Waals surface area (Å²) in [6, 6.07) is 11.3. The molecular weight excluding hydrogens is 292 g/mol. The van der Waals surface area contributed by atoms with Crippen molar-refractivity contribution < 1.29 is 0 Å². The molecule has 2 nitrogen and oxygen atoms in total. The summed E-state index contributed by atoms with van der Waals surface area (Å²) >= 11 is 0. The highest BCUT2D eigenvalue weighted by Crippen LogP contribution is 2.43. The number of aryl methyl sites for hydroxylation is 1. The molecule has 2 aromatic rings. The average Bonchev–Trinajstić information content (AvgIpc) is 2.73. The van der Waals surface area contributed by atoms with E-state index in [1.54, 1.807) is 5.56 Å². The van der Waals surface area contributed by atoms with Crippen molar-refractivity contribution >= 4 is 5.69 Å². The van der Waals surface area contributed by atoms with Crippen LogP contribution in [0.2, 0.25) is 0 Å². The molecule has 1 atom stereocenters. The van der Waals surface area contributed by atoms with E-state index in [0.717, 1.165) is 6.42 Å². The number of hydrogen-bond donors (Lipinski definition) is 1. The molecule has 0 radical (unpaired) electrons. The van der Waals surface area contributed by atoms with Crippen molar-refractivity contribution in [1.29, 1.82) is 0 Å². The zero-order chi connectivity index (χ0) is 17.7. The smallest absolute Gasteiger partial charge is 0.0456 e. The van der Waals surface area contributed by atoms with Gasteiger partial charge in [-0.3, -0.25) is 0 Å².